The Balaban J connectivity index is 2.39. The van der Waals surface area contributed by atoms with Gasteiger partial charge in [0.05, 0.1) is 24.2 Å². The second-order valence-electron chi connectivity index (χ2n) is 4.34. The van der Waals surface area contributed by atoms with E-state index in [-0.39, 0.29) is 10.9 Å². The number of sulfonamides is 1. The molecule has 0 amide bonds. The van der Waals surface area contributed by atoms with Crippen LogP contribution in [0.5, 0.6) is 0 Å². The van der Waals surface area contributed by atoms with Crippen molar-refractivity contribution in [2.45, 2.75) is 24.8 Å². The average Bonchev–Trinajstić information content (AvgIpc) is 2.15. The fourth-order valence-corrected chi connectivity index (χ4v) is 2.30. The Bertz CT molecular complexity index is 536. The lowest BCUT2D eigenvalue weighted by Gasteiger charge is -2.29. The average molecular weight is 256 g/mol. The minimum atomic E-state index is -3.66. The molecule has 1 heterocycles. The molecule has 17 heavy (non-hydrogen) atoms. The molecule has 0 bridgehead atoms. The molecule has 2 rings (SSSR count). The summed E-state index contributed by atoms with van der Waals surface area (Å²) in [6.45, 7) is 5.12. The fraction of sp³-hybridized carbons (Fsp3) is 0.455. The van der Waals surface area contributed by atoms with E-state index in [1.54, 1.807) is 12.1 Å². The Hall–Kier alpha value is -1.11. The van der Waals surface area contributed by atoms with Crippen molar-refractivity contribution in [3.63, 3.8) is 0 Å². The van der Waals surface area contributed by atoms with Crippen molar-refractivity contribution in [1.29, 1.82) is 0 Å². The zero-order valence-corrected chi connectivity index (χ0v) is 10.7. The van der Waals surface area contributed by atoms with Crippen LogP contribution in [0.15, 0.2) is 17.0 Å². The van der Waals surface area contributed by atoms with Crippen LogP contribution in [0.2, 0.25) is 0 Å². The number of aryl methyl sites for hydroxylation is 1. The molecule has 1 fully saturated rings. The van der Waals surface area contributed by atoms with E-state index < -0.39 is 10.0 Å². The Kier molecular flexibility index (Phi) is 3.11. The molecule has 0 radical (unpaired) electrons. The van der Waals surface area contributed by atoms with Gasteiger partial charge in [0, 0.05) is 5.69 Å². The standard InChI is InChI=1S/C11H16N2O3S/c1-7-3-10(17(12,14)15)4-11(8(7)2)13-9-5-16-6-9/h3-4,9,13H,5-6H2,1-2H3,(H2,12,14,15). The summed E-state index contributed by atoms with van der Waals surface area (Å²) in [5.41, 5.74) is 2.74. The zero-order valence-electron chi connectivity index (χ0n) is 9.86. The van der Waals surface area contributed by atoms with Crippen molar-refractivity contribution in [3.8, 4) is 0 Å². The molecule has 1 aromatic carbocycles. The van der Waals surface area contributed by atoms with Gasteiger partial charge >= 0.3 is 0 Å². The summed E-state index contributed by atoms with van der Waals surface area (Å²) in [7, 11) is -3.66. The number of hydrogen-bond acceptors (Lipinski definition) is 4. The Morgan fingerprint density at radius 3 is 2.47 bits per heavy atom. The normalized spacial score (nSPS) is 16.6. The predicted molar refractivity (Wildman–Crippen MR) is 65.5 cm³/mol. The van der Waals surface area contributed by atoms with E-state index in [2.05, 4.69) is 5.32 Å². The summed E-state index contributed by atoms with van der Waals surface area (Å²) in [4.78, 5) is 0.142. The van der Waals surface area contributed by atoms with Crippen LogP contribution in [-0.2, 0) is 14.8 Å². The van der Waals surface area contributed by atoms with Gasteiger partial charge in [0.2, 0.25) is 10.0 Å². The fourth-order valence-electron chi connectivity index (χ4n) is 1.68. The van der Waals surface area contributed by atoms with E-state index in [4.69, 9.17) is 9.88 Å². The van der Waals surface area contributed by atoms with Gasteiger partial charge in [-0.2, -0.15) is 0 Å². The first kappa shape index (κ1) is 12.3. The minimum absolute atomic E-state index is 0.142. The van der Waals surface area contributed by atoms with E-state index in [9.17, 15) is 8.42 Å². The van der Waals surface area contributed by atoms with E-state index in [1.807, 2.05) is 13.8 Å². The quantitative estimate of drug-likeness (QED) is 0.836. The highest BCUT2D eigenvalue weighted by Gasteiger charge is 2.20. The van der Waals surface area contributed by atoms with Crippen molar-refractivity contribution in [3.05, 3.63) is 23.3 Å². The number of primary sulfonamides is 1. The zero-order chi connectivity index (χ0) is 12.6. The first-order valence-corrected chi connectivity index (χ1v) is 6.91. The maximum absolute atomic E-state index is 11.3. The van der Waals surface area contributed by atoms with Crippen molar-refractivity contribution in [1.82, 2.24) is 0 Å². The molecule has 0 aromatic heterocycles. The van der Waals surface area contributed by atoms with Gasteiger partial charge in [-0.1, -0.05) is 0 Å². The van der Waals surface area contributed by atoms with Crippen LogP contribution in [0.3, 0.4) is 0 Å². The number of nitrogens with one attached hydrogen (secondary N) is 1. The molecule has 0 spiro atoms. The molecule has 1 aliphatic rings. The van der Waals surface area contributed by atoms with E-state index >= 15 is 0 Å². The van der Waals surface area contributed by atoms with Crippen LogP contribution in [0.25, 0.3) is 0 Å². The lowest BCUT2D eigenvalue weighted by atomic mass is 10.1. The molecule has 6 heteroatoms. The van der Waals surface area contributed by atoms with Crippen molar-refractivity contribution >= 4 is 15.7 Å². The summed E-state index contributed by atoms with van der Waals surface area (Å²) in [5, 5.41) is 8.40. The van der Waals surface area contributed by atoms with E-state index in [0.717, 1.165) is 16.8 Å². The third-order valence-corrected chi connectivity index (χ3v) is 3.86. The molecule has 1 aromatic rings. The van der Waals surface area contributed by atoms with E-state index in [1.165, 1.54) is 0 Å². The first-order chi connectivity index (χ1) is 7.88. The molecule has 1 saturated heterocycles. The van der Waals surface area contributed by atoms with Crippen LogP contribution in [0.4, 0.5) is 5.69 Å². The summed E-state index contributed by atoms with van der Waals surface area (Å²) >= 11 is 0. The van der Waals surface area contributed by atoms with Gasteiger partial charge < -0.3 is 10.1 Å². The van der Waals surface area contributed by atoms with Crippen LogP contribution in [0, 0.1) is 13.8 Å². The maximum Gasteiger partial charge on any atom is 0.238 e. The predicted octanol–water partition coefficient (Wildman–Crippen LogP) is 0.762. The number of benzene rings is 1. The van der Waals surface area contributed by atoms with Gasteiger partial charge in [0.15, 0.2) is 0 Å². The third-order valence-electron chi connectivity index (χ3n) is 2.97. The molecule has 1 aliphatic heterocycles. The monoisotopic (exact) mass is 256 g/mol. The van der Waals surface area contributed by atoms with Crippen LogP contribution in [0.1, 0.15) is 11.1 Å². The number of anilines is 1. The first-order valence-electron chi connectivity index (χ1n) is 5.36. The number of ether oxygens (including phenoxy) is 1. The molecular formula is C11H16N2O3S. The second-order valence-corrected chi connectivity index (χ2v) is 5.90. The molecule has 0 aliphatic carbocycles. The van der Waals surface area contributed by atoms with Crippen LogP contribution in [-0.4, -0.2) is 27.7 Å². The smallest absolute Gasteiger partial charge is 0.238 e. The number of hydrogen-bond donors (Lipinski definition) is 2. The lowest BCUT2D eigenvalue weighted by Crippen LogP contribution is -2.40. The van der Waals surface area contributed by atoms with Crippen LogP contribution >= 0.6 is 0 Å². The molecular weight excluding hydrogens is 240 g/mol. The maximum atomic E-state index is 11.3. The highest BCUT2D eigenvalue weighted by atomic mass is 32.2. The largest absolute Gasteiger partial charge is 0.377 e. The Labute approximate surface area is 101 Å². The second kappa shape index (κ2) is 4.29. The molecule has 0 atom stereocenters. The summed E-state index contributed by atoms with van der Waals surface area (Å²) in [6, 6.07) is 3.42. The Morgan fingerprint density at radius 1 is 1.35 bits per heavy atom. The summed E-state index contributed by atoms with van der Waals surface area (Å²) in [5.74, 6) is 0. The molecule has 0 saturated carbocycles. The highest BCUT2D eigenvalue weighted by molar-refractivity contribution is 7.89. The number of rotatable bonds is 3. The van der Waals surface area contributed by atoms with Crippen molar-refractivity contribution in [2.75, 3.05) is 18.5 Å². The summed E-state index contributed by atoms with van der Waals surface area (Å²) < 4.78 is 27.8. The topological polar surface area (TPSA) is 81.4 Å². The molecule has 3 N–H and O–H groups in total. The molecule has 94 valence electrons. The van der Waals surface area contributed by atoms with E-state index in [0.29, 0.717) is 13.2 Å². The third kappa shape index (κ3) is 2.59. The van der Waals surface area contributed by atoms with Crippen molar-refractivity contribution in [2.24, 2.45) is 5.14 Å². The van der Waals surface area contributed by atoms with Gasteiger partial charge in [0.25, 0.3) is 0 Å². The van der Waals surface area contributed by atoms with Gasteiger partial charge in [-0.25, -0.2) is 13.6 Å². The minimum Gasteiger partial charge on any atom is -0.377 e. The number of nitrogens with two attached hydrogens (primary N) is 1. The van der Waals surface area contributed by atoms with Crippen LogP contribution < -0.4 is 10.5 Å². The van der Waals surface area contributed by atoms with Gasteiger partial charge in [-0.3, -0.25) is 0 Å². The molecule has 0 unspecified atom stereocenters. The van der Waals surface area contributed by atoms with Gasteiger partial charge in [-0.05, 0) is 37.1 Å². The van der Waals surface area contributed by atoms with Crippen molar-refractivity contribution < 1.29 is 13.2 Å². The van der Waals surface area contributed by atoms with Gasteiger partial charge in [-0.15, -0.1) is 0 Å². The molecule has 5 nitrogen and oxygen atoms in total. The highest BCUT2D eigenvalue weighted by Crippen LogP contribution is 2.25. The Morgan fingerprint density at radius 2 is 2.00 bits per heavy atom. The SMILES string of the molecule is Cc1cc(S(N)(=O)=O)cc(NC2COC2)c1C. The van der Waals surface area contributed by atoms with Gasteiger partial charge in [0.1, 0.15) is 0 Å². The lowest BCUT2D eigenvalue weighted by molar-refractivity contribution is 0.0211. The summed E-state index contributed by atoms with van der Waals surface area (Å²) in [6.07, 6.45) is 0.